The molecular formula is C14H22N2O2. The molecule has 18 heavy (non-hydrogen) atoms. The topological polar surface area (TPSA) is 75.3 Å². The number of hydrogen-bond acceptors (Lipinski definition) is 3. The van der Waals surface area contributed by atoms with Crippen molar-refractivity contribution in [1.82, 2.24) is 5.32 Å². The molecule has 1 unspecified atom stereocenters. The summed E-state index contributed by atoms with van der Waals surface area (Å²) in [6.07, 6.45) is 3.24. The lowest BCUT2D eigenvalue weighted by molar-refractivity contribution is -0.118. The number of benzene rings is 1. The number of primary amides is 1. The van der Waals surface area contributed by atoms with Gasteiger partial charge in [-0.3, -0.25) is 4.79 Å². The van der Waals surface area contributed by atoms with Gasteiger partial charge in [-0.05, 0) is 50.4 Å². The zero-order chi connectivity index (χ0) is 13.4. The SMILES string of the molecule is CC(CCc1ccc(O)cc1)NCCCC(N)=O. The van der Waals surface area contributed by atoms with Crippen molar-refractivity contribution in [2.24, 2.45) is 5.73 Å². The summed E-state index contributed by atoms with van der Waals surface area (Å²) in [7, 11) is 0. The molecule has 0 aliphatic rings. The minimum Gasteiger partial charge on any atom is -0.508 e. The van der Waals surface area contributed by atoms with Crippen molar-refractivity contribution in [3.8, 4) is 5.75 Å². The zero-order valence-corrected chi connectivity index (χ0v) is 10.9. The second kappa shape index (κ2) is 7.71. The lowest BCUT2D eigenvalue weighted by Gasteiger charge is -2.13. The third-order valence-electron chi connectivity index (χ3n) is 2.90. The minimum atomic E-state index is -0.242. The average molecular weight is 250 g/mol. The number of carbonyl (C=O) groups excluding carboxylic acids is 1. The molecule has 1 rings (SSSR count). The Labute approximate surface area is 108 Å². The van der Waals surface area contributed by atoms with E-state index in [-0.39, 0.29) is 5.91 Å². The van der Waals surface area contributed by atoms with E-state index in [0.29, 0.717) is 18.2 Å². The fraction of sp³-hybridized carbons (Fsp3) is 0.500. The summed E-state index contributed by atoms with van der Waals surface area (Å²) in [5.41, 5.74) is 6.29. The van der Waals surface area contributed by atoms with Gasteiger partial charge in [0.2, 0.25) is 5.91 Å². The van der Waals surface area contributed by atoms with Gasteiger partial charge < -0.3 is 16.2 Å². The third kappa shape index (κ3) is 6.25. The second-order valence-corrected chi connectivity index (χ2v) is 4.63. The molecule has 4 heteroatoms. The fourth-order valence-electron chi connectivity index (χ4n) is 1.76. The second-order valence-electron chi connectivity index (χ2n) is 4.63. The molecule has 0 saturated heterocycles. The van der Waals surface area contributed by atoms with Crippen molar-refractivity contribution in [2.45, 2.75) is 38.6 Å². The van der Waals surface area contributed by atoms with E-state index in [2.05, 4.69) is 12.2 Å². The highest BCUT2D eigenvalue weighted by atomic mass is 16.3. The number of phenols is 1. The summed E-state index contributed by atoms with van der Waals surface area (Å²) in [5, 5.41) is 12.5. The van der Waals surface area contributed by atoms with Crippen molar-refractivity contribution >= 4 is 5.91 Å². The van der Waals surface area contributed by atoms with Crippen LogP contribution in [-0.4, -0.2) is 23.6 Å². The molecule has 1 aromatic rings. The number of phenolic OH excluding ortho intramolecular Hbond substituents is 1. The Kier molecular flexibility index (Phi) is 6.22. The van der Waals surface area contributed by atoms with E-state index in [1.54, 1.807) is 12.1 Å². The van der Waals surface area contributed by atoms with Crippen LogP contribution in [0.25, 0.3) is 0 Å². The first kappa shape index (κ1) is 14.5. The number of nitrogens with one attached hydrogen (secondary N) is 1. The molecule has 0 radical (unpaired) electrons. The Balaban J connectivity index is 2.14. The molecule has 0 aliphatic heterocycles. The van der Waals surface area contributed by atoms with E-state index in [0.717, 1.165) is 25.8 Å². The molecule has 0 saturated carbocycles. The van der Waals surface area contributed by atoms with Crippen LogP contribution < -0.4 is 11.1 Å². The number of rotatable bonds is 8. The monoisotopic (exact) mass is 250 g/mol. The molecule has 1 atom stereocenters. The third-order valence-corrected chi connectivity index (χ3v) is 2.90. The maximum absolute atomic E-state index is 10.6. The number of nitrogens with two attached hydrogens (primary N) is 1. The van der Waals surface area contributed by atoms with Gasteiger partial charge in [-0.1, -0.05) is 12.1 Å². The van der Waals surface area contributed by atoms with Gasteiger partial charge in [-0.25, -0.2) is 0 Å². The molecule has 0 spiro atoms. The first-order valence-electron chi connectivity index (χ1n) is 6.37. The summed E-state index contributed by atoms with van der Waals surface area (Å²) >= 11 is 0. The van der Waals surface area contributed by atoms with Crippen LogP contribution >= 0.6 is 0 Å². The van der Waals surface area contributed by atoms with Crippen LogP contribution in [0.2, 0.25) is 0 Å². The van der Waals surface area contributed by atoms with Gasteiger partial charge in [0.1, 0.15) is 5.75 Å². The predicted octanol–water partition coefficient (Wildman–Crippen LogP) is 1.57. The van der Waals surface area contributed by atoms with Crippen molar-refractivity contribution in [2.75, 3.05) is 6.54 Å². The Morgan fingerprint density at radius 3 is 2.67 bits per heavy atom. The first-order valence-corrected chi connectivity index (χ1v) is 6.37. The maximum Gasteiger partial charge on any atom is 0.217 e. The van der Waals surface area contributed by atoms with E-state index in [4.69, 9.17) is 5.73 Å². The Morgan fingerprint density at radius 2 is 2.06 bits per heavy atom. The molecule has 4 nitrogen and oxygen atoms in total. The molecule has 100 valence electrons. The molecule has 0 aromatic heterocycles. The molecule has 0 heterocycles. The van der Waals surface area contributed by atoms with Gasteiger partial charge in [0.25, 0.3) is 0 Å². The number of hydrogen-bond donors (Lipinski definition) is 3. The quantitative estimate of drug-likeness (QED) is 0.613. The average Bonchev–Trinajstić information content (AvgIpc) is 2.34. The Bertz CT molecular complexity index is 363. The molecule has 0 bridgehead atoms. The minimum absolute atomic E-state index is 0.242. The zero-order valence-electron chi connectivity index (χ0n) is 10.9. The van der Waals surface area contributed by atoms with E-state index >= 15 is 0 Å². The summed E-state index contributed by atoms with van der Waals surface area (Å²) in [6, 6.07) is 7.71. The van der Waals surface area contributed by atoms with Gasteiger partial charge in [0.05, 0.1) is 0 Å². The summed E-state index contributed by atoms with van der Waals surface area (Å²) < 4.78 is 0. The Hall–Kier alpha value is -1.55. The van der Waals surface area contributed by atoms with E-state index in [1.807, 2.05) is 12.1 Å². The summed E-state index contributed by atoms with van der Waals surface area (Å²) in [4.78, 5) is 10.6. The van der Waals surface area contributed by atoms with Crippen molar-refractivity contribution in [1.29, 1.82) is 0 Å². The smallest absolute Gasteiger partial charge is 0.217 e. The first-order chi connectivity index (χ1) is 8.58. The number of aryl methyl sites for hydroxylation is 1. The summed E-state index contributed by atoms with van der Waals surface area (Å²) in [5.74, 6) is 0.0601. The van der Waals surface area contributed by atoms with Gasteiger partial charge in [0, 0.05) is 12.5 Å². The molecular weight excluding hydrogens is 228 g/mol. The molecule has 1 aromatic carbocycles. The van der Waals surface area contributed by atoms with E-state index < -0.39 is 0 Å². The van der Waals surface area contributed by atoms with Crippen molar-refractivity contribution < 1.29 is 9.90 Å². The predicted molar refractivity (Wildman–Crippen MR) is 72.3 cm³/mol. The highest BCUT2D eigenvalue weighted by Gasteiger charge is 2.02. The van der Waals surface area contributed by atoms with Gasteiger partial charge in [-0.2, -0.15) is 0 Å². The van der Waals surface area contributed by atoms with Crippen LogP contribution in [0.1, 0.15) is 31.7 Å². The molecule has 0 aliphatic carbocycles. The lowest BCUT2D eigenvalue weighted by atomic mass is 10.1. The van der Waals surface area contributed by atoms with Gasteiger partial charge >= 0.3 is 0 Å². The molecule has 4 N–H and O–H groups in total. The molecule has 0 fully saturated rings. The standard InChI is InChI=1S/C14H22N2O2/c1-11(16-10-2-3-14(15)18)4-5-12-6-8-13(17)9-7-12/h6-9,11,16-17H,2-5,10H2,1H3,(H2,15,18). The normalized spacial score (nSPS) is 12.3. The van der Waals surface area contributed by atoms with Gasteiger partial charge in [-0.15, -0.1) is 0 Å². The largest absolute Gasteiger partial charge is 0.508 e. The lowest BCUT2D eigenvalue weighted by Crippen LogP contribution is -2.28. The van der Waals surface area contributed by atoms with Gasteiger partial charge in [0.15, 0.2) is 0 Å². The highest BCUT2D eigenvalue weighted by Crippen LogP contribution is 2.11. The van der Waals surface area contributed by atoms with Crippen LogP contribution in [0.4, 0.5) is 0 Å². The van der Waals surface area contributed by atoms with Crippen molar-refractivity contribution in [3.63, 3.8) is 0 Å². The number of aromatic hydroxyl groups is 1. The summed E-state index contributed by atoms with van der Waals surface area (Å²) in [6.45, 7) is 2.95. The highest BCUT2D eigenvalue weighted by molar-refractivity contribution is 5.73. The fourth-order valence-corrected chi connectivity index (χ4v) is 1.76. The van der Waals surface area contributed by atoms with E-state index in [1.165, 1.54) is 5.56 Å². The van der Waals surface area contributed by atoms with Crippen LogP contribution in [0.15, 0.2) is 24.3 Å². The van der Waals surface area contributed by atoms with Crippen molar-refractivity contribution in [3.05, 3.63) is 29.8 Å². The maximum atomic E-state index is 10.6. The van der Waals surface area contributed by atoms with Crippen LogP contribution in [0.5, 0.6) is 5.75 Å². The molecule has 1 amide bonds. The van der Waals surface area contributed by atoms with E-state index in [9.17, 15) is 9.90 Å². The van der Waals surface area contributed by atoms with Crippen LogP contribution in [0, 0.1) is 0 Å². The Morgan fingerprint density at radius 1 is 1.39 bits per heavy atom. The van der Waals surface area contributed by atoms with Crippen LogP contribution in [-0.2, 0) is 11.2 Å². The number of amides is 1. The number of carbonyl (C=O) groups is 1. The van der Waals surface area contributed by atoms with Crippen LogP contribution in [0.3, 0.4) is 0 Å².